The van der Waals surface area contributed by atoms with Gasteiger partial charge in [-0.05, 0) is 34.9 Å². The predicted molar refractivity (Wildman–Crippen MR) is 114 cm³/mol. The molecule has 0 atom stereocenters. The molecule has 0 saturated carbocycles. The minimum absolute atomic E-state index is 0.0737. The van der Waals surface area contributed by atoms with Crippen molar-refractivity contribution in [3.63, 3.8) is 0 Å². The van der Waals surface area contributed by atoms with Crippen LogP contribution in [0.2, 0.25) is 0 Å². The van der Waals surface area contributed by atoms with Crippen LogP contribution in [0, 0.1) is 0 Å². The lowest BCUT2D eigenvalue weighted by Gasteiger charge is -2.10. The van der Waals surface area contributed by atoms with E-state index in [2.05, 4.69) is 15.0 Å². The molecule has 0 aliphatic rings. The van der Waals surface area contributed by atoms with Crippen LogP contribution in [0.4, 0.5) is 0 Å². The molecular formula is C24H21N3O3. The second-order valence-corrected chi connectivity index (χ2v) is 6.88. The first-order chi connectivity index (χ1) is 14.7. The van der Waals surface area contributed by atoms with E-state index in [1.54, 1.807) is 0 Å². The largest absolute Gasteiger partial charge is 0.392 e. The summed E-state index contributed by atoms with van der Waals surface area (Å²) in [6.45, 7) is -0.221. The highest BCUT2D eigenvalue weighted by Crippen LogP contribution is 2.26. The molecule has 0 saturated heterocycles. The first-order valence-electron chi connectivity index (χ1n) is 9.57. The van der Waals surface area contributed by atoms with Gasteiger partial charge in [-0.3, -0.25) is 0 Å². The lowest BCUT2D eigenvalue weighted by atomic mass is 10.1. The van der Waals surface area contributed by atoms with Gasteiger partial charge in [-0.1, -0.05) is 54.6 Å². The lowest BCUT2D eigenvalue weighted by molar-refractivity contribution is 0.281. The molecule has 6 heteroatoms. The van der Waals surface area contributed by atoms with Crippen molar-refractivity contribution in [2.75, 3.05) is 0 Å². The molecule has 0 fully saturated rings. The van der Waals surface area contributed by atoms with Gasteiger partial charge in [0.1, 0.15) is 0 Å². The Morgan fingerprint density at radius 3 is 1.03 bits per heavy atom. The van der Waals surface area contributed by atoms with Crippen LogP contribution in [0.3, 0.4) is 0 Å². The van der Waals surface area contributed by atoms with Crippen molar-refractivity contribution in [3.05, 3.63) is 89.5 Å². The molecule has 0 aliphatic carbocycles. The molecule has 150 valence electrons. The standard InChI is InChI=1S/C24H21N3O3/c28-13-16-4-1-7-19(10-16)22-25-23(20-8-2-5-17(11-20)14-29)27-24(26-22)21-9-3-6-18(12-21)15-30/h1-12,28-30H,13-15H2. The number of aromatic nitrogens is 3. The van der Waals surface area contributed by atoms with Crippen LogP contribution in [0.1, 0.15) is 16.7 Å². The Labute approximate surface area is 174 Å². The first-order valence-corrected chi connectivity index (χ1v) is 9.57. The fourth-order valence-corrected chi connectivity index (χ4v) is 3.19. The van der Waals surface area contributed by atoms with E-state index in [0.717, 1.165) is 33.4 Å². The van der Waals surface area contributed by atoms with E-state index in [1.807, 2.05) is 72.8 Å². The van der Waals surface area contributed by atoms with Gasteiger partial charge in [0.05, 0.1) is 19.8 Å². The maximum Gasteiger partial charge on any atom is 0.164 e. The van der Waals surface area contributed by atoms with Gasteiger partial charge in [0, 0.05) is 16.7 Å². The van der Waals surface area contributed by atoms with Crippen LogP contribution in [-0.4, -0.2) is 30.3 Å². The van der Waals surface area contributed by atoms with Crippen molar-refractivity contribution in [3.8, 4) is 34.2 Å². The van der Waals surface area contributed by atoms with E-state index in [-0.39, 0.29) is 19.8 Å². The maximum atomic E-state index is 9.49. The number of hydrogen-bond acceptors (Lipinski definition) is 6. The number of aliphatic hydroxyl groups is 3. The monoisotopic (exact) mass is 399 g/mol. The van der Waals surface area contributed by atoms with Crippen molar-refractivity contribution in [1.82, 2.24) is 15.0 Å². The molecule has 1 heterocycles. The molecule has 30 heavy (non-hydrogen) atoms. The Morgan fingerprint density at radius 1 is 0.467 bits per heavy atom. The number of nitrogens with zero attached hydrogens (tertiary/aromatic N) is 3. The summed E-state index contributed by atoms with van der Waals surface area (Å²) < 4.78 is 0. The van der Waals surface area contributed by atoms with E-state index in [9.17, 15) is 15.3 Å². The smallest absolute Gasteiger partial charge is 0.164 e. The third-order valence-corrected chi connectivity index (χ3v) is 4.74. The topological polar surface area (TPSA) is 99.4 Å². The molecule has 0 aliphatic heterocycles. The molecule has 3 N–H and O–H groups in total. The quantitative estimate of drug-likeness (QED) is 0.460. The summed E-state index contributed by atoms with van der Waals surface area (Å²) >= 11 is 0. The zero-order chi connectivity index (χ0) is 20.9. The summed E-state index contributed by atoms with van der Waals surface area (Å²) in [5, 5.41) is 28.5. The Bertz CT molecular complexity index is 1020. The van der Waals surface area contributed by atoms with E-state index in [4.69, 9.17) is 0 Å². The molecule has 0 spiro atoms. The Hall–Kier alpha value is -3.45. The SMILES string of the molecule is OCc1cccc(-c2nc(-c3cccc(CO)c3)nc(-c3cccc(CO)c3)n2)c1. The fourth-order valence-electron chi connectivity index (χ4n) is 3.19. The third kappa shape index (κ3) is 4.26. The van der Waals surface area contributed by atoms with Gasteiger partial charge in [-0.15, -0.1) is 0 Å². The van der Waals surface area contributed by atoms with Gasteiger partial charge in [0.25, 0.3) is 0 Å². The zero-order valence-corrected chi connectivity index (χ0v) is 16.2. The Morgan fingerprint density at radius 2 is 0.767 bits per heavy atom. The van der Waals surface area contributed by atoms with Crippen molar-refractivity contribution in [1.29, 1.82) is 0 Å². The second-order valence-electron chi connectivity index (χ2n) is 6.88. The van der Waals surface area contributed by atoms with E-state index in [0.29, 0.717) is 17.5 Å². The number of aliphatic hydroxyl groups excluding tert-OH is 3. The summed E-state index contributed by atoms with van der Waals surface area (Å²) in [5.74, 6) is 1.44. The van der Waals surface area contributed by atoms with Crippen LogP contribution in [0.5, 0.6) is 0 Å². The first kappa shape index (κ1) is 19.8. The molecule has 0 bridgehead atoms. The number of hydrogen-bond donors (Lipinski definition) is 3. The van der Waals surface area contributed by atoms with Crippen LogP contribution in [-0.2, 0) is 19.8 Å². The van der Waals surface area contributed by atoms with Crippen LogP contribution in [0.15, 0.2) is 72.8 Å². The molecule has 1 aromatic heterocycles. The van der Waals surface area contributed by atoms with Gasteiger partial charge in [0.15, 0.2) is 17.5 Å². The summed E-state index contributed by atoms with van der Waals surface area (Å²) in [4.78, 5) is 14.0. The Balaban J connectivity index is 1.91. The molecule has 4 rings (SSSR count). The van der Waals surface area contributed by atoms with Crippen molar-refractivity contribution in [2.24, 2.45) is 0 Å². The average Bonchev–Trinajstić information content (AvgIpc) is 2.83. The molecule has 0 amide bonds. The number of benzene rings is 3. The normalized spacial score (nSPS) is 10.9. The average molecular weight is 399 g/mol. The molecule has 0 unspecified atom stereocenters. The maximum absolute atomic E-state index is 9.49. The highest BCUT2D eigenvalue weighted by atomic mass is 16.3. The van der Waals surface area contributed by atoms with Crippen LogP contribution >= 0.6 is 0 Å². The highest BCUT2D eigenvalue weighted by molar-refractivity contribution is 5.67. The van der Waals surface area contributed by atoms with E-state index in [1.165, 1.54) is 0 Å². The van der Waals surface area contributed by atoms with Gasteiger partial charge >= 0.3 is 0 Å². The number of rotatable bonds is 6. The van der Waals surface area contributed by atoms with Gasteiger partial charge < -0.3 is 15.3 Å². The molecule has 4 aromatic rings. The van der Waals surface area contributed by atoms with E-state index < -0.39 is 0 Å². The predicted octanol–water partition coefficient (Wildman–Crippen LogP) is 3.35. The van der Waals surface area contributed by atoms with Crippen LogP contribution < -0.4 is 0 Å². The molecule has 3 aromatic carbocycles. The summed E-state index contributed by atoms with van der Waals surface area (Å²) in [5.41, 5.74) is 4.59. The second kappa shape index (κ2) is 8.92. The zero-order valence-electron chi connectivity index (χ0n) is 16.2. The summed E-state index contributed by atoms with van der Waals surface area (Å²) in [7, 11) is 0. The van der Waals surface area contributed by atoms with Gasteiger partial charge in [-0.25, -0.2) is 15.0 Å². The highest BCUT2D eigenvalue weighted by Gasteiger charge is 2.13. The summed E-state index contributed by atoms with van der Waals surface area (Å²) in [6.07, 6.45) is 0. The molecular weight excluding hydrogens is 378 g/mol. The van der Waals surface area contributed by atoms with Crippen molar-refractivity contribution >= 4 is 0 Å². The van der Waals surface area contributed by atoms with E-state index >= 15 is 0 Å². The lowest BCUT2D eigenvalue weighted by Crippen LogP contribution is -2.01. The van der Waals surface area contributed by atoms with Crippen molar-refractivity contribution < 1.29 is 15.3 Å². The van der Waals surface area contributed by atoms with Crippen LogP contribution in [0.25, 0.3) is 34.2 Å². The molecule has 0 radical (unpaired) electrons. The van der Waals surface area contributed by atoms with Gasteiger partial charge in [0.2, 0.25) is 0 Å². The van der Waals surface area contributed by atoms with Crippen molar-refractivity contribution in [2.45, 2.75) is 19.8 Å². The Kier molecular flexibility index (Phi) is 5.90. The summed E-state index contributed by atoms with van der Waals surface area (Å²) in [6, 6.07) is 22.2. The fraction of sp³-hybridized carbons (Fsp3) is 0.125. The molecule has 6 nitrogen and oxygen atoms in total. The minimum Gasteiger partial charge on any atom is -0.392 e. The minimum atomic E-state index is -0.0737. The third-order valence-electron chi connectivity index (χ3n) is 4.74. The van der Waals surface area contributed by atoms with Gasteiger partial charge in [-0.2, -0.15) is 0 Å².